The van der Waals surface area contributed by atoms with Crippen molar-refractivity contribution >= 4 is 34.7 Å². The minimum Gasteiger partial charge on any atom is -0.340 e. The van der Waals surface area contributed by atoms with Gasteiger partial charge in [0.2, 0.25) is 11.9 Å². The van der Waals surface area contributed by atoms with Crippen LogP contribution in [0.3, 0.4) is 0 Å². The van der Waals surface area contributed by atoms with E-state index in [2.05, 4.69) is 58.0 Å². The number of hydrogen-bond acceptors (Lipinski definition) is 5. The molecule has 3 rings (SSSR count). The molecule has 1 amide bonds. The number of nitrogens with one attached hydrogen (secondary N) is 3. The second-order valence-corrected chi connectivity index (χ2v) is 6.55. The number of carbonyl (C=O) groups is 1. The van der Waals surface area contributed by atoms with Crippen molar-refractivity contribution in [2.75, 3.05) is 16.0 Å². The first-order valence-electron chi connectivity index (χ1n) is 8.74. The minimum absolute atomic E-state index is 0.112. The fourth-order valence-electron chi connectivity index (χ4n) is 2.70. The maximum absolute atomic E-state index is 11.2. The van der Waals surface area contributed by atoms with Crippen molar-refractivity contribution in [1.82, 2.24) is 9.97 Å². The monoisotopic (exact) mass is 361 g/mol. The zero-order chi connectivity index (χ0) is 19.4. The SMILES string of the molecule is CC(=O)Nc1cccc(Nc2nc(C)cc(Nc3cc(C)ccc3C)n2)c1. The molecule has 138 valence electrons. The first-order chi connectivity index (χ1) is 12.9. The zero-order valence-electron chi connectivity index (χ0n) is 15.9. The summed E-state index contributed by atoms with van der Waals surface area (Å²) in [5, 5.41) is 9.33. The van der Waals surface area contributed by atoms with E-state index in [1.54, 1.807) is 0 Å². The minimum atomic E-state index is -0.112. The lowest BCUT2D eigenvalue weighted by Gasteiger charge is -2.13. The van der Waals surface area contributed by atoms with Crippen molar-refractivity contribution < 1.29 is 4.79 Å². The number of carbonyl (C=O) groups excluding carboxylic acids is 1. The van der Waals surface area contributed by atoms with Gasteiger partial charge >= 0.3 is 0 Å². The molecule has 0 atom stereocenters. The third kappa shape index (κ3) is 5.04. The molecule has 1 aromatic heterocycles. The average Bonchev–Trinajstić information content (AvgIpc) is 2.57. The summed E-state index contributed by atoms with van der Waals surface area (Å²) in [5.74, 6) is 1.10. The van der Waals surface area contributed by atoms with E-state index in [9.17, 15) is 4.79 Å². The smallest absolute Gasteiger partial charge is 0.229 e. The van der Waals surface area contributed by atoms with Gasteiger partial charge in [-0.25, -0.2) is 4.98 Å². The highest BCUT2D eigenvalue weighted by atomic mass is 16.1. The van der Waals surface area contributed by atoms with Crippen LogP contribution >= 0.6 is 0 Å². The quantitative estimate of drug-likeness (QED) is 0.605. The number of rotatable bonds is 5. The van der Waals surface area contributed by atoms with Crippen LogP contribution in [0, 0.1) is 20.8 Å². The lowest BCUT2D eigenvalue weighted by molar-refractivity contribution is -0.114. The summed E-state index contributed by atoms with van der Waals surface area (Å²) in [6.45, 7) is 7.53. The lowest BCUT2D eigenvalue weighted by Crippen LogP contribution is -2.06. The Kier molecular flexibility index (Phi) is 5.35. The Bertz CT molecular complexity index is 984. The summed E-state index contributed by atoms with van der Waals surface area (Å²) in [6, 6.07) is 15.6. The zero-order valence-corrected chi connectivity index (χ0v) is 15.9. The van der Waals surface area contributed by atoms with Gasteiger partial charge in [-0.1, -0.05) is 18.2 Å². The van der Waals surface area contributed by atoms with Crippen molar-refractivity contribution in [3.63, 3.8) is 0 Å². The third-order valence-corrected chi connectivity index (χ3v) is 3.95. The summed E-state index contributed by atoms with van der Waals surface area (Å²) in [7, 11) is 0. The van der Waals surface area contributed by atoms with Gasteiger partial charge in [-0.05, 0) is 56.2 Å². The van der Waals surface area contributed by atoms with Gasteiger partial charge in [-0.3, -0.25) is 4.79 Å². The number of anilines is 5. The van der Waals surface area contributed by atoms with Crippen LogP contribution in [0.25, 0.3) is 0 Å². The molecule has 0 spiro atoms. The Labute approximate surface area is 159 Å². The Morgan fingerprint density at radius 2 is 1.67 bits per heavy atom. The molecule has 0 aliphatic carbocycles. The van der Waals surface area contributed by atoms with Gasteiger partial charge < -0.3 is 16.0 Å². The van der Waals surface area contributed by atoms with Crippen molar-refractivity contribution in [3.05, 3.63) is 65.4 Å². The van der Waals surface area contributed by atoms with Crippen LogP contribution in [-0.2, 0) is 4.79 Å². The van der Waals surface area contributed by atoms with Gasteiger partial charge in [-0.2, -0.15) is 4.98 Å². The Morgan fingerprint density at radius 3 is 2.44 bits per heavy atom. The van der Waals surface area contributed by atoms with E-state index in [0.29, 0.717) is 11.6 Å². The van der Waals surface area contributed by atoms with E-state index in [4.69, 9.17) is 0 Å². The Hall–Kier alpha value is -3.41. The molecule has 0 radical (unpaired) electrons. The molecule has 1 heterocycles. The van der Waals surface area contributed by atoms with Crippen LogP contribution in [0.15, 0.2) is 48.5 Å². The molecule has 6 nitrogen and oxygen atoms in total. The highest BCUT2D eigenvalue weighted by molar-refractivity contribution is 5.89. The largest absolute Gasteiger partial charge is 0.340 e. The van der Waals surface area contributed by atoms with Crippen molar-refractivity contribution in [3.8, 4) is 0 Å². The molecule has 0 unspecified atom stereocenters. The molecule has 0 fully saturated rings. The summed E-state index contributed by atoms with van der Waals surface area (Å²) < 4.78 is 0. The van der Waals surface area contributed by atoms with Crippen molar-refractivity contribution in [2.45, 2.75) is 27.7 Å². The van der Waals surface area contributed by atoms with E-state index < -0.39 is 0 Å². The van der Waals surface area contributed by atoms with Gasteiger partial charge in [0.05, 0.1) is 0 Å². The Morgan fingerprint density at radius 1 is 0.889 bits per heavy atom. The van der Waals surface area contributed by atoms with Gasteiger partial charge in [0.15, 0.2) is 0 Å². The number of aromatic nitrogens is 2. The van der Waals surface area contributed by atoms with Crippen LogP contribution in [0.5, 0.6) is 0 Å². The average molecular weight is 361 g/mol. The molecule has 2 aromatic carbocycles. The van der Waals surface area contributed by atoms with E-state index >= 15 is 0 Å². The number of benzene rings is 2. The maximum atomic E-state index is 11.2. The van der Waals surface area contributed by atoms with Gasteiger partial charge in [-0.15, -0.1) is 0 Å². The number of amides is 1. The van der Waals surface area contributed by atoms with E-state index in [1.807, 2.05) is 37.3 Å². The maximum Gasteiger partial charge on any atom is 0.229 e. The molecule has 0 saturated heterocycles. The Balaban J connectivity index is 1.83. The molecule has 3 N–H and O–H groups in total. The summed E-state index contributed by atoms with van der Waals surface area (Å²) in [4.78, 5) is 20.2. The van der Waals surface area contributed by atoms with Crippen LogP contribution in [-0.4, -0.2) is 15.9 Å². The van der Waals surface area contributed by atoms with Crippen molar-refractivity contribution in [2.24, 2.45) is 0 Å². The van der Waals surface area contributed by atoms with Crippen LogP contribution < -0.4 is 16.0 Å². The molecule has 27 heavy (non-hydrogen) atoms. The van der Waals surface area contributed by atoms with Crippen LogP contribution in [0.4, 0.5) is 28.8 Å². The van der Waals surface area contributed by atoms with E-state index in [1.165, 1.54) is 12.5 Å². The normalized spacial score (nSPS) is 10.4. The highest BCUT2D eigenvalue weighted by Gasteiger charge is 2.06. The number of hydrogen-bond donors (Lipinski definition) is 3. The van der Waals surface area contributed by atoms with Gasteiger partial charge in [0, 0.05) is 35.7 Å². The first kappa shape index (κ1) is 18.4. The van der Waals surface area contributed by atoms with E-state index in [-0.39, 0.29) is 5.91 Å². The molecular formula is C21H23N5O. The summed E-state index contributed by atoms with van der Waals surface area (Å²) in [6.07, 6.45) is 0. The van der Waals surface area contributed by atoms with Crippen LogP contribution in [0.2, 0.25) is 0 Å². The molecule has 0 aliphatic heterocycles. The molecule has 0 bridgehead atoms. The van der Waals surface area contributed by atoms with E-state index in [0.717, 1.165) is 28.5 Å². The first-order valence-corrected chi connectivity index (χ1v) is 8.74. The molecule has 6 heteroatoms. The molecule has 0 saturated carbocycles. The van der Waals surface area contributed by atoms with Crippen LogP contribution in [0.1, 0.15) is 23.7 Å². The fourth-order valence-corrected chi connectivity index (χ4v) is 2.70. The highest BCUT2D eigenvalue weighted by Crippen LogP contribution is 2.23. The topological polar surface area (TPSA) is 78.9 Å². The predicted molar refractivity (Wildman–Crippen MR) is 110 cm³/mol. The predicted octanol–water partition coefficient (Wildman–Crippen LogP) is 4.85. The fraction of sp³-hybridized carbons (Fsp3) is 0.190. The number of aryl methyl sites for hydroxylation is 3. The van der Waals surface area contributed by atoms with Gasteiger partial charge in [0.25, 0.3) is 0 Å². The standard InChI is InChI=1S/C21H23N5O/c1-13-8-9-14(2)19(10-13)25-20-11-15(3)22-21(26-20)24-18-7-5-6-17(12-18)23-16(4)27/h5-12H,1-4H3,(H,23,27)(H2,22,24,25,26). The third-order valence-electron chi connectivity index (χ3n) is 3.95. The number of nitrogens with zero attached hydrogens (tertiary/aromatic N) is 2. The van der Waals surface area contributed by atoms with Crippen molar-refractivity contribution in [1.29, 1.82) is 0 Å². The second kappa shape index (κ2) is 7.86. The summed E-state index contributed by atoms with van der Waals surface area (Å²) in [5.41, 5.74) is 5.71. The van der Waals surface area contributed by atoms with Gasteiger partial charge in [0.1, 0.15) is 5.82 Å². The summed E-state index contributed by atoms with van der Waals surface area (Å²) >= 11 is 0. The second-order valence-electron chi connectivity index (χ2n) is 6.55. The molecular weight excluding hydrogens is 338 g/mol. The lowest BCUT2D eigenvalue weighted by atomic mass is 10.1. The molecule has 0 aliphatic rings. The molecule has 3 aromatic rings.